The van der Waals surface area contributed by atoms with Gasteiger partial charge >= 0.3 is 0 Å². The first kappa shape index (κ1) is 20.4. The third kappa shape index (κ3) is 4.93. The van der Waals surface area contributed by atoms with Crippen LogP contribution in [0.5, 0.6) is 5.75 Å². The molecule has 150 valence electrons. The average Bonchev–Trinajstić information content (AvgIpc) is 2.75. The predicted molar refractivity (Wildman–Crippen MR) is 113 cm³/mol. The van der Waals surface area contributed by atoms with Crippen molar-refractivity contribution >= 4 is 22.4 Å². The van der Waals surface area contributed by atoms with Gasteiger partial charge in [-0.1, -0.05) is 44.2 Å². The normalized spacial score (nSPS) is 17.0. The Morgan fingerprint density at radius 2 is 1.82 bits per heavy atom. The quantitative estimate of drug-likeness (QED) is 0.738. The Labute approximate surface area is 169 Å². The third-order valence-electron chi connectivity index (χ3n) is 5.04. The molecule has 0 bridgehead atoms. The Bertz CT molecular complexity index is 808. The van der Waals surface area contributed by atoms with Crippen LogP contribution in [-0.4, -0.2) is 41.1 Å². The van der Waals surface area contributed by atoms with E-state index in [2.05, 4.69) is 24.1 Å². The van der Waals surface area contributed by atoms with Crippen LogP contribution in [-0.2, 0) is 15.6 Å². The van der Waals surface area contributed by atoms with E-state index < -0.39 is 16.9 Å². The minimum Gasteiger partial charge on any atom is -0.477 e. The highest BCUT2D eigenvalue weighted by Gasteiger charge is 2.31. The van der Waals surface area contributed by atoms with E-state index in [4.69, 9.17) is 4.74 Å². The standard InChI is InChI=1S/C22H28N2O3S/c1-3-17(4-2)23-22(25)21-16-24(19-12-8-9-13-20(19)27-21)14-15-28(26)18-10-6-5-7-11-18/h5-13,17,21H,3-4,14-16H2,1-2H3,(H,23,25). The minimum absolute atomic E-state index is 0.0858. The average molecular weight is 401 g/mol. The lowest BCUT2D eigenvalue weighted by molar-refractivity contribution is -0.128. The summed E-state index contributed by atoms with van der Waals surface area (Å²) in [6.45, 7) is 5.18. The summed E-state index contributed by atoms with van der Waals surface area (Å²) in [5, 5.41) is 3.08. The van der Waals surface area contributed by atoms with Crippen LogP contribution in [0.2, 0.25) is 0 Å². The van der Waals surface area contributed by atoms with E-state index in [9.17, 15) is 9.00 Å². The summed E-state index contributed by atoms with van der Waals surface area (Å²) in [7, 11) is -1.08. The van der Waals surface area contributed by atoms with Crippen LogP contribution in [0.1, 0.15) is 26.7 Å². The summed E-state index contributed by atoms with van der Waals surface area (Å²) >= 11 is 0. The van der Waals surface area contributed by atoms with Crippen molar-refractivity contribution in [2.75, 3.05) is 23.7 Å². The molecule has 1 aliphatic rings. The first-order valence-electron chi connectivity index (χ1n) is 9.86. The van der Waals surface area contributed by atoms with Gasteiger partial charge in [-0.05, 0) is 37.1 Å². The van der Waals surface area contributed by atoms with Gasteiger partial charge in [0, 0.05) is 23.2 Å². The molecule has 0 spiro atoms. The second kappa shape index (κ2) is 9.73. The molecular weight excluding hydrogens is 372 g/mol. The first-order valence-corrected chi connectivity index (χ1v) is 11.2. The Morgan fingerprint density at radius 3 is 2.54 bits per heavy atom. The molecule has 0 saturated carbocycles. The number of fused-ring (bicyclic) bond motifs is 1. The maximum atomic E-state index is 12.7. The molecule has 0 aliphatic carbocycles. The fourth-order valence-corrected chi connectivity index (χ4v) is 4.41. The molecule has 1 aliphatic heterocycles. The summed E-state index contributed by atoms with van der Waals surface area (Å²) in [6, 6.07) is 17.4. The lowest BCUT2D eigenvalue weighted by Crippen LogP contribution is -2.51. The topological polar surface area (TPSA) is 58.6 Å². The second-order valence-corrected chi connectivity index (χ2v) is 8.48. The number of anilines is 1. The number of carbonyl (C=O) groups excluding carboxylic acids is 1. The molecular formula is C22H28N2O3S. The smallest absolute Gasteiger partial charge is 0.263 e. The Kier molecular flexibility index (Phi) is 7.09. The van der Waals surface area contributed by atoms with Crippen molar-refractivity contribution in [1.29, 1.82) is 0 Å². The van der Waals surface area contributed by atoms with Gasteiger partial charge in [-0.25, -0.2) is 0 Å². The molecule has 2 atom stereocenters. The van der Waals surface area contributed by atoms with E-state index in [1.54, 1.807) is 0 Å². The number of carbonyl (C=O) groups is 1. The lowest BCUT2D eigenvalue weighted by Gasteiger charge is -2.36. The number of ether oxygens (including phenoxy) is 1. The minimum atomic E-state index is -1.08. The molecule has 2 aromatic rings. The number of nitrogens with one attached hydrogen (secondary N) is 1. The van der Waals surface area contributed by atoms with E-state index in [-0.39, 0.29) is 11.9 Å². The summed E-state index contributed by atoms with van der Waals surface area (Å²) in [5.41, 5.74) is 0.944. The number of para-hydroxylation sites is 2. The van der Waals surface area contributed by atoms with Gasteiger partial charge in [0.1, 0.15) is 5.75 Å². The number of rotatable bonds is 8. The third-order valence-corrected chi connectivity index (χ3v) is 6.39. The van der Waals surface area contributed by atoms with Gasteiger partial charge in [-0.2, -0.15) is 0 Å². The van der Waals surface area contributed by atoms with Gasteiger partial charge in [0.05, 0.1) is 23.0 Å². The van der Waals surface area contributed by atoms with Gasteiger partial charge in [0.2, 0.25) is 0 Å². The number of nitrogens with zero attached hydrogens (tertiary/aromatic N) is 1. The highest BCUT2D eigenvalue weighted by atomic mass is 32.2. The highest BCUT2D eigenvalue weighted by molar-refractivity contribution is 7.85. The molecule has 1 N–H and O–H groups in total. The van der Waals surface area contributed by atoms with Crippen molar-refractivity contribution in [2.45, 2.75) is 43.7 Å². The van der Waals surface area contributed by atoms with E-state index >= 15 is 0 Å². The molecule has 2 aromatic carbocycles. The van der Waals surface area contributed by atoms with Crippen molar-refractivity contribution in [2.24, 2.45) is 0 Å². The largest absolute Gasteiger partial charge is 0.477 e. The SMILES string of the molecule is CCC(CC)NC(=O)C1CN(CCS(=O)c2ccccc2)c2ccccc2O1. The van der Waals surface area contributed by atoms with Crippen LogP contribution < -0.4 is 15.0 Å². The zero-order valence-corrected chi connectivity index (χ0v) is 17.3. The van der Waals surface area contributed by atoms with Crippen LogP contribution in [0.3, 0.4) is 0 Å². The van der Waals surface area contributed by atoms with E-state index in [1.807, 2.05) is 54.6 Å². The highest BCUT2D eigenvalue weighted by Crippen LogP contribution is 2.33. The Morgan fingerprint density at radius 1 is 1.14 bits per heavy atom. The number of hydrogen-bond acceptors (Lipinski definition) is 4. The maximum absolute atomic E-state index is 12.7. The molecule has 0 radical (unpaired) electrons. The Hall–Kier alpha value is -2.34. The fraction of sp³-hybridized carbons (Fsp3) is 0.409. The summed E-state index contributed by atoms with van der Waals surface area (Å²) in [6.07, 6.45) is 1.22. The molecule has 3 rings (SSSR count). The van der Waals surface area contributed by atoms with Crippen LogP contribution in [0.4, 0.5) is 5.69 Å². The fourth-order valence-electron chi connectivity index (χ4n) is 3.33. The zero-order chi connectivity index (χ0) is 19.9. The molecule has 0 fully saturated rings. The predicted octanol–water partition coefficient (Wildman–Crippen LogP) is 3.37. The maximum Gasteiger partial charge on any atom is 0.263 e. The molecule has 28 heavy (non-hydrogen) atoms. The number of amides is 1. The van der Waals surface area contributed by atoms with Crippen LogP contribution in [0, 0.1) is 0 Å². The number of hydrogen-bond donors (Lipinski definition) is 1. The van der Waals surface area contributed by atoms with Crippen molar-refractivity contribution in [3.8, 4) is 5.75 Å². The molecule has 0 aromatic heterocycles. The summed E-state index contributed by atoms with van der Waals surface area (Å²) in [5.74, 6) is 1.11. The van der Waals surface area contributed by atoms with Gasteiger partial charge in [-0.15, -0.1) is 0 Å². The monoisotopic (exact) mass is 400 g/mol. The second-order valence-electron chi connectivity index (χ2n) is 6.90. The lowest BCUT2D eigenvalue weighted by atomic mass is 10.1. The van der Waals surface area contributed by atoms with E-state index in [0.29, 0.717) is 24.6 Å². The molecule has 2 unspecified atom stereocenters. The van der Waals surface area contributed by atoms with Crippen molar-refractivity contribution in [3.63, 3.8) is 0 Å². The van der Waals surface area contributed by atoms with Crippen molar-refractivity contribution in [1.82, 2.24) is 5.32 Å². The molecule has 0 saturated heterocycles. The van der Waals surface area contributed by atoms with Crippen molar-refractivity contribution in [3.05, 3.63) is 54.6 Å². The van der Waals surface area contributed by atoms with Gasteiger partial charge in [0.25, 0.3) is 5.91 Å². The summed E-state index contributed by atoms with van der Waals surface area (Å²) in [4.78, 5) is 15.7. The van der Waals surface area contributed by atoms with E-state index in [1.165, 1.54) is 0 Å². The Balaban J connectivity index is 1.70. The molecule has 1 heterocycles. The summed E-state index contributed by atoms with van der Waals surface area (Å²) < 4.78 is 18.6. The molecule has 6 heteroatoms. The van der Waals surface area contributed by atoms with Crippen LogP contribution in [0.15, 0.2) is 59.5 Å². The zero-order valence-electron chi connectivity index (χ0n) is 16.5. The van der Waals surface area contributed by atoms with Crippen LogP contribution >= 0.6 is 0 Å². The van der Waals surface area contributed by atoms with Gasteiger partial charge in [-0.3, -0.25) is 9.00 Å². The van der Waals surface area contributed by atoms with E-state index in [0.717, 1.165) is 23.4 Å². The number of benzene rings is 2. The van der Waals surface area contributed by atoms with Gasteiger partial charge < -0.3 is 15.0 Å². The van der Waals surface area contributed by atoms with Crippen LogP contribution in [0.25, 0.3) is 0 Å². The first-order chi connectivity index (χ1) is 13.6. The molecule has 5 nitrogen and oxygen atoms in total. The van der Waals surface area contributed by atoms with Gasteiger partial charge in [0.15, 0.2) is 6.10 Å². The van der Waals surface area contributed by atoms with Crippen molar-refractivity contribution < 1.29 is 13.7 Å². The molecule has 1 amide bonds.